The number of fused-ring (bicyclic) bond motifs is 3. The molecule has 2 heterocycles. The lowest BCUT2D eigenvalue weighted by Crippen LogP contribution is -2.25. The maximum absolute atomic E-state index is 14.6. The first-order chi connectivity index (χ1) is 16.1. The zero-order valence-corrected chi connectivity index (χ0v) is 18.9. The number of alkyl halides is 2. The lowest BCUT2D eigenvalue weighted by molar-refractivity contribution is 0.0741. The van der Waals surface area contributed by atoms with Crippen molar-refractivity contribution in [3.8, 4) is 11.8 Å². The zero-order chi connectivity index (χ0) is 24.6. The highest BCUT2D eigenvalue weighted by Gasteiger charge is 2.23. The van der Waals surface area contributed by atoms with Gasteiger partial charge in [0.05, 0.1) is 12.1 Å². The van der Waals surface area contributed by atoms with Gasteiger partial charge in [-0.25, -0.2) is 17.6 Å². The van der Waals surface area contributed by atoms with E-state index < -0.39 is 30.2 Å². The molecule has 0 N–H and O–H groups in total. The lowest BCUT2D eigenvalue weighted by Gasteiger charge is -2.25. The molecule has 0 atom stereocenters. The van der Waals surface area contributed by atoms with Crippen LogP contribution in [0.1, 0.15) is 25.2 Å². The van der Waals surface area contributed by atoms with Crippen molar-refractivity contribution in [2.45, 2.75) is 32.8 Å². The topological polar surface area (TPSA) is 55.5 Å². The van der Waals surface area contributed by atoms with Gasteiger partial charge in [0.25, 0.3) is 12.2 Å². The Hall–Kier alpha value is -3.71. The van der Waals surface area contributed by atoms with Gasteiger partial charge in [0, 0.05) is 23.7 Å². The first kappa shape index (κ1) is 23.4. The van der Waals surface area contributed by atoms with Crippen LogP contribution >= 0.6 is 0 Å². The fraction of sp³-hybridized carbons (Fsp3) is 0.292. The van der Waals surface area contributed by atoms with Gasteiger partial charge in [-0.05, 0) is 57.2 Å². The first-order valence-corrected chi connectivity index (χ1v) is 10.3. The van der Waals surface area contributed by atoms with E-state index >= 15 is 0 Å². The van der Waals surface area contributed by atoms with Crippen LogP contribution in [0.25, 0.3) is 16.7 Å². The Balaban J connectivity index is 1.96. The highest BCUT2D eigenvalue weighted by atomic mass is 19.3. The van der Waals surface area contributed by atoms with Gasteiger partial charge < -0.3 is 9.64 Å². The van der Waals surface area contributed by atoms with Gasteiger partial charge in [0.15, 0.2) is 0 Å². The molecule has 0 radical (unpaired) electrons. The van der Waals surface area contributed by atoms with E-state index in [1.165, 1.54) is 37.4 Å². The molecule has 0 unspecified atom stereocenters. The number of halogens is 4. The molecule has 176 valence electrons. The van der Waals surface area contributed by atoms with Gasteiger partial charge in [0.2, 0.25) is 0 Å². The number of nitrogens with zero attached hydrogens (tertiary/aromatic N) is 5. The molecule has 0 saturated heterocycles. The molecule has 6 nitrogen and oxygen atoms in total. The van der Waals surface area contributed by atoms with E-state index in [1.54, 1.807) is 25.2 Å². The Bertz CT molecular complexity index is 1440. The third kappa shape index (κ3) is 4.65. The summed E-state index contributed by atoms with van der Waals surface area (Å²) in [5, 5.41) is 8.22. The molecule has 10 heteroatoms. The predicted molar refractivity (Wildman–Crippen MR) is 120 cm³/mol. The van der Waals surface area contributed by atoms with E-state index in [2.05, 4.69) is 27.0 Å². The smallest absolute Gasteiger partial charge is 0.257 e. The molecule has 2 aromatic heterocycles. The van der Waals surface area contributed by atoms with Crippen LogP contribution in [0.3, 0.4) is 0 Å². The highest BCUT2D eigenvalue weighted by Crippen LogP contribution is 2.33. The largest absolute Gasteiger partial charge is 0.366 e. The number of methoxy groups -OCH3 is 1. The van der Waals surface area contributed by atoms with Crippen LogP contribution in [-0.2, 0) is 4.74 Å². The van der Waals surface area contributed by atoms with Crippen LogP contribution < -0.4 is 4.90 Å². The number of anilines is 2. The molecule has 0 bridgehead atoms. The van der Waals surface area contributed by atoms with Crippen LogP contribution in [0.5, 0.6) is 0 Å². The van der Waals surface area contributed by atoms with Gasteiger partial charge in [-0.15, -0.1) is 10.2 Å². The Morgan fingerprint density at radius 2 is 1.85 bits per heavy atom. The molecule has 0 aliphatic heterocycles. The minimum atomic E-state index is -2.80. The quantitative estimate of drug-likeness (QED) is 0.301. The van der Waals surface area contributed by atoms with Gasteiger partial charge in [0.1, 0.15) is 28.9 Å². The van der Waals surface area contributed by atoms with E-state index in [0.717, 1.165) is 11.0 Å². The summed E-state index contributed by atoms with van der Waals surface area (Å²) >= 11 is 0. The van der Waals surface area contributed by atoms with Crippen LogP contribution in [0.2, 0.25) is 0 Å². The van der Waals surface area contributed by atoms with Crippen LogP contribution in [0, 0.1) is 30.4 Å². The maximum Gasteiger partial charge on any atom is 0.257 e. The molecule has 0 amide bonds. The van der Waals surface area contributed by atoms with Crippen molar-refractivity contribution in [1.29, 1.82) is 0 Å². The molecular formula is C24H21F4N5O. The predicted octanol–water partition coefficient (Wildman–Crippen LogP) is 5.04. The first-order valence-electron chi connectivity index (χ1n) is 10.3. The average Bonchev–Trinajstić information content (AvgIpc) is 3.16. The van der Waals surface area contributed by atoms with E-state index in [0.29, 0.717) is 11.3 Å². The minimum Gasteiger partial charge on any atom is -0.366 e. The normalized spacial score (nSPS) is 11.8. The molecule has 0 fully saturated rings. The lowest BCUT2D eigenvalue weighted by atomic mass is 10.1. The molecular weight excluding hydrogens is 450 g/mol. The van der Waals surface area contributed by atoms with Crippen molar-refractivity contribution in [3.05, 3.63) is 59.4 Å². The van der Waals surface area contributed by atoms with Gasteiger partial charge in [-0.2, -0.15) is 4.98 Å². The van der Waals surface area contributed by atoms with E-state index in [4.69, 9.17) is 4.74 Å². The maximum atomic E-state index is 14.6. The molecule has 34 heavy (non-hydrogen) atoms. The van der Waals surface area contributed by atoms with Crippen molar-refractivity contribution in [1.82, 2.24) is 19.6 Å². The Morgan fingerprint density at radius 3 is 2.56 bits per heavy atom. The standard InChI is InChI=1S/C24H21F4N5O/c1-14-30-31-23-29-22(19-12-16(25)5-6-20(19)33(14)23)32(13-21(27)28)18-10-15(9-17(26)11-18)7-8-24(2,3)34-4/h5-6,9-12,21H,13H2,1-4H3. The van der Waals surface area contributed by atoms with Crippen molar-refractivity contribution in [2.75, 3.05) is 18.6 Å². The number of aryl methyl sites for hydroxylation is 1. The van der Waals surface area contributed by atoms with Crippen molar-refractivity contribution >= 4 is 28.2 Å². The third-order valence-corrected chi connectivity index (χ3v) is 5.24. The summed E-state index contributed by atoms with van der Waals surface area (Å²) in [4.78, 5) is 5.52. The van der Waals surface area contributed by atoms with Crippen molar-refractivity contribution in [3.63, 3.8) is 0 Å². The SMILES string of the molecule is COC(C)(C)C#Cc1cc(F)cc(N(CC(F)F)c2nc3nnc(C)n3c3ccc(F)cc23)c1. The molecule has 0 aliphatic rings. The molecule has 4 rings (SSSR count). The Labute approximate surface area is 193 Å². The summed E-state index contributed by atoms with van der Waals surface area (Å²) in [6.07, 6.45) is -2.80. The zero-order valence-electron chi connectivity index (χ0n) is 18.9. The average molecular weight is 471 g/mol. The monoisotopic (exact) mass is 471 g/mol. The Morgan fingerprint density at radius 1 is 1.09 bits per heavy atom. The number of aromatic nitrogens is 4. The minimum absolute atomic E-state index is 0.00331. The fourth-order valence-corrected chi connectivity index (χ4v) is 3.48. The van der Waals surface area contributed by atoms with Crippen LogP contribution in [-0.4, -0.2) is 45.3 Å². The highest BCUT2D eigenvalue weighted by molar-refractivity contribution is 5.93. The van der Waals surface area contributed by atoms with Gasteiger partial charge in [-0.3, -0.25) is 4.40 Å². The molecule has 0 saturated carbocycles. The second-order valence-corrected chi connectivity index (χ2v) is 8.14. The summed E-state index contributed by atoms with van der Waals surface area (Å²) in [6, 6.07) is 7.69. The number of benzene rings is 2. The van der Waals surface area contributed by atoms with E-state index in [9.17, 15) is 17.6 Å². The van der Waals surface area contributed by atoms with Crippen LogP contribution in [0.15, 0.2) is 36.4 Å². The number of rotatable bonds is 5. The number of hydrogen-bond acceptors (Lipinski definition) is 5. The van der Waals surface area contributed by atoms with Crippen LogP contribution in [0.4, 0.5) is 29.1 Å². The summed E-state index contributed by atoms with van der Waals surface area (Å²) in [6.45, 7) is 4.36. The summed E-state index contributed by atoms with van der Waals surface area (Å²) in [5.41, 5.74) is 0.0234. The molecule has 4 aromatic rings. The second kappa shape index (κ2) is 8.91. The molecule has 0 spiro atoms. The van der Waals surface area contributed by atoms with Crippen molar-refractivity contribution in [2.24, 2.45) is 0 Å². The van der Waals surface area contributed by atoms with E-state index in [1.807, 2.05) is 0 Å². The number of hydrogen-bond donors (Lipinski definition) is 0. The summed E-state index contributed by atoms with van der Waals surface area (Å²) < 4.78 is 63.0. The Kier molecular flexibility index (Phi) is 6.15. The summed E-state index contributed by atoms with van der Waals surface area (Å²) in [7, 11) is 1.49. The van der Waals surface area contributed by atoms with E-state index in [-0.39, 0.29) is 28.2 Å². The molecule has 2 aromatic carbocycles. The third-order valence-electron chi connectivity index (χ3n) is 5.24. The van der Waals surface area contributed by atoms with Gasteiger partial charge >= 0.3 is 0 Å². The van der Waals surface area contributed by atoms with Crippen molar-refractivity contribution < 1.29 is 22.3 Å². The molecule has 0 aliphatic carbocycles. The fourth-order valence-electron chi connectivity index (χ4n) is 3.48. The summed E-state index contributed by atoms with van der Waals surface area (Å²) in [5.74, 6) is 5.07. The van der Waals surface area contributed by atoms with Gasteiger partial charge in [-0.1, -0.05) is 11.8 Å². The number of ether oxygens (including phenoxy) is 1. The second-order valence-electron chi connectivity index (χ2n) is 8.14.